The first-order valence-corrected chi connectivity index (χ1v) is 8.64. The van der Waals surface area contributed by atoms with Crippen LogP contribution < -0.4 is 5.32 Å². The van der Waals surface area contributed by atoms with Crippen LogP contribution in [0.2, 0.25) is 0 Å². The number of nitriles is 1. The molecule has 0 spiro atoms. The number of carbonyl (C=O) groups excluding carboxylic acids is 1. The molecular weight excluding hydrogens is 389 g/mol. The van der Waals surface area contributed by atoms with Crippen molar-refractivity contribution in [2.45, 2.75) is 31.4 Å². The molecule has 0 aliphatic carbocycles. The highest BCUT2D eigenvalue weighted by Gasteiger charge is 2.36. The van der Waals surface area contributed by atoms with E-state index in [1.807, 2.05) is 6.07 Å². The molecule has 6 nitrogen and oxygen atoms in total. The minimum absolute atomic E-state index is 0.0397. The van der Waals surface area contributed by atoms with E-state index in [4.69, 9.17) is 10.00 Å². The Morgan fingerprint density at radius 2 is 1.86 bits per heavy atom. The second kappa shape index (κ2) is 9.91. The summed E-state index contributed by atoms with van der Waals surface area (Å²) < 4.78 is 44.6. The Morgan fingerprint density at radius 3 is 2.48 bits per heavy atom. The molecule has 9 heteroatoms. The molecule has 0 aliphatic rings. The molecule has 2 unspecified atom stereocenters. The fourth-order valence-corrected chi connectivity index (χ4v) is 2.59. The summed E-state index contributed by atoms with van der Waals surface area (Å²) in [7, 11) is 0. The number of nitrogens with zero attached hydrogens (tertiary/aromatic N) is 1. The number of rotatable bonds is 7. The van der Waals surface area contributed by atoms with Gasteiger partial charge in [-0.25, -0.2) is 4.79 Å². The van der Waals surface area contributed by atoms with Gasteiger partial charge >= 0.3 is 12.3 Å². The highest BCUT2D eigenvalue weighted by Crippen LogP contribution is 2.36. The maximum absolute atomic E-state index is 13.2. The number of aliphatic hydroxyl groups is 2. The molecule has 2 aromatic rings. The first-order chi connectivity index (χ1) is 13.7. The van der Waals surface area contributed by atoms with Crippen LogP contribution in [0.5, 0.6) is 0 Å². The Kier molecular flexibility index (Phi) is 7.59. The molecule has 2 aromatic carbocycles. The topological polar surface area (TPSA) is 103 Å². The van der Waals surface area contributed by atoms with E-state index in [1.165, 1.54) is 0 Å². The quantitative estimate of drug-likeness (QED) is 0.653. The number of amides is 1. The zero-order valence-electron chi connectivity index (χ0n) is 15.2. The summed E-state index contributed by atoms with van der Waals surface area (Å²) in [5.41, 5.74) is -1.18. The third-order valence-electron chi connectivity index (χ3n) is 4.09. The average molecular weight is 408 g/mol. The molecule has 2 rings (SSSR count). The number of benzene rings is 2. The predicted octanol–water partition coefficient (Wildman–Crippen LogP) is 3.29. The average Bonchev–Trinajstić information content (AvgIpc) is 2.71. The van der Waals surface area contributed by atoms with Crippen molar-refractivity contribution in [1.82, 2.24) is 5.32 Å². The van der Waals surface area contributed by atoms with E-state index < -0.39 is 35.6 Å². The van der Waals surface area contributed by atoms with Gasteiger partial charge in [-0.05, 0) is 29.7 Å². The summed E-state index contributed by atoms with van der Waals surface area (Å²) >= 11 is 0. The lowest BCUT2D eigenvalue weighted by Crippen LogP contribution is -2.30. The van der Waals surface area contributed by atoms with Crippen LogP contribution >= 0.6 is 0 Å². The Bertz CT molecular complexity index is 866. The zero-order valence-corrected chi connectivity index (χ0v) is 15.2. The van der Waals surface area contributed by atoms with Gasteiger partial charge in [0.15, 0.2) is 0 Å². The largest absolute Gasteiger partial charge is 0.445 e. The monoisotopic (exact) mass is 408 g/mol. The smallest absolute Gasteiger partial charge is 0.416 e. The molecule has 0 aromatic heterocycles. The Morgan fingerprint density at radius 1 is 1.17 bits per heavy atom. The fraction of sp³-hybridized carbons (Fsp3) is 0.300. The van der Waals surface area contributed by atoms with E-state index in [9.17, 15) is 28.2 Å². The molecule has 3 N–H and O–H groups in total. The third kappa shape index (κ3) is 6.48. The number of hydrogen-bond acceptors (Lipinski definition) is 5. The second-order valence-electron chi connectivity index (χ2n) is 6.20. The van der Waals surface area contributed by atoms with E-state index in [1.54, 1.807) is 30.3 Å². The summed E-state index contributed by atoms with van der Waals surface area (Å²) in [5.74, 6) is 0. The SMILES string of the molecule is N#Cc1ccc(C(O)C(O)CCNC(=O)OCc2ccccc2)c(C(F)(F)F)c1. The molecule has 0 radical (unpaired) electrons. The minimum atomic E-state index is -4.80. The molecule has 0 saturated carbocycles. The molecule has 0 saturated heterocycles. The van der Waals surface area contributed by atoms with Crippen LogP contribution in [0.4, 0.5) is 18.0 Å². The van der Waals surface area contributed by atoms with Gasteiger partial charge in [-0.2, -0.15) is 18.4 Å². The van der Waals surface area contributed by atoms with E-state index >= 15 is 0 Å². The van der Waals surface area contributed by atoms with Gasteiger partial charge in [0.1, 0.15) is 12.7 Å². The lowest BCUT2D eigenvalue weighted by molar-refractivity contribution is -0.140. The molecule has 0 heterocycles. The lowest BCUT2D eigenvalue weighted by Gasteiger charge is -2.22. The maximum Gasteiger partial charge on any atom is 0.416 e. The number of ether oxygens (including phenoxy) is 1. The third-order valence-corrected chi connectivity index (χ3v) is 4.09. The van der Waals surface area contributed by atoms with Crippen molar-refractivity contribution in [3.05, 3.63) is 70.8 Å². The molecule has 0 fully saturated rings. The molecule has 29 heavy (non-hydrogen) atoms. The first-order valence-electron chi connectivity index (χ1n) is 8.64. The van der Waals surface area contributed by atoms with Gasteiger partial charge in [0.2, 0.25) is 0 Å². The summed E-state index contributed by atoms with van der Waals surface area (Å²) in [6, 6.07) is 13.2. The standard InChI is InChI=1S/C20H19F3N2O4/c21-20(22,23)16-10-14(11-24)6-7-15(16)18(27)17(26)8-9-25-19(28)29-12-13-4-2-1-3-5-13/h1-7,10,17-18,26-27H,8-9,12H2,(H,25,28). The minimum Gasteiger partial charge on any atom is -0.445 e. The molecule has 1 amide bonds. The van der Waals surface area contributed by atoms with Gasteiger partial charge in [0, 0.05) is 6.54 Å². The summed E-state index contributed by atoms with van der Waals surface area (Å²) in [4.78, 5) is 11.6. The lowest BCUT2D eigenvalue weighted by atomic mass is 9.95. The van der Waals surface area contributed by atoms with Gasteiger partial charge in [0.05, 0.1) is 23.3 Å². The van der Waals surface area contributed by atoms with Gasteiger partial charge in [-0.3, -0.25) is 0 Å². The van der Waals surface area contributed by atoms with E-state index in [0.717, 1.165) is 17.7 Å². The van der Waals surface area contributed by atoms with Gasteiger partial charge in [-0.15, -0.1) is 0 Å². The van der Waals surface area contributed by atoms with Gasteiger partial charge in [0.25, 0.3) is 0 Å². The molecule has 0 aliphatic heterocycles. The highest BCUT2D eigenvalue weighted by atomic mass is 19.4. The van der Waals surface area contributed by atoms with Crippen LogP contribution in [-0.2, 0) is 17.5 Å². The van der Waals surface area contributed by atoms with Crippen LogP contribution in [-0.4, -0.2) is 29.0 Å². The maximum atomic E-state index is 13.2. The van der Waals surface area contributed by atoms with Gasteiger partial charge in [-0.1, -0.05) is 36.4 Å². The van der Waals surface area contributed by atoms with E-state index in [0.29, 0.717) is 6.07 Å². The van der Waals surface area contributed by atoms with Crippen molar-refractivity contribution < 1.29 is 32.9 Å². The zero-order chi connectivity index (χ0) is 21.4. The number of alkyl halides is 3. The van der Waals surface area contributed by atoms with Crippen molar-refractivity contribution in [3.63, 3.8) is 0 Å². The molecule has 154 valence electrons. The number of nitrogens with one attached hydrogen (secondary N) is 1. The highest BCUT2D eigenvalue weighted by molar-refractivity contribution is 5.67. The van der Waals surface area contributed by atoms with Crippen LogP contribution in [0, 0.1) is 11.3 Å². The van der Waals surface area contributed by atoms with Crippen LogP contribution in [0.25, 0.3) is 0 Å². The summed E-state index contributed by atoms with van der Waals surface area (Å²) in [5, 5.41) is 31.3. The van der Waals surface area contributed by atoms with Crippen LogP contribution in [0.1, 0.15) is 34.8 Å². The number of hydrogen-bond donors (Lipinski definition) is 3. The number of carbonyl (C=O) groups is 1. The van der Waals surface area contributed by atoms with E-state index in [2.05, 4.69) is 5.32 Å². The molecule has 2 atom stereocenters. The van der Waals surface area contributed by atoms with Crippen LogP contribution in [0.3, 0.4) is 0 Å². The number of aliphatic hydroxyl groups excluding tert-OH is 2. The van der Waals surface area contributed by atoms with Crippen molar-refractivity contribution in [1.29, 1.82) is 5.26 Å². The summed E-state index contributed by atoms with van der Waals surface area (Å²) in [6.07, 6.45) is -9.19. The van der Waals surface area contributed by atoms with Crippen molar-refractivity contribution >= 4 is 6.09 Å². The number of alkyl carbamates (subject to hydrolysis) is 1. The van der Waals surface area contributed by atoms with Crippen molar-refractivity contribution in [3.8, 4) is 6.07 Å². The Balaban J connectivity index is 1.90. The van der Waals surface area contributed by atoms with E-state index in [-0.39, 0.29) is 25.1 Å². The van der Waals surface area contributed by atoms with Gasteiger partial charge < -0.3 is 20.3 Å². The van der Waals surface area contributed by atoms with Crippen molar-refractivity contribution in [2.75, 3.05) is 6.54 Å². The normalized spacial score (nSPS) is 13.2. The Labute approximate surface area is 165 Å². The van der Waals surface area contributed by atoms with Crippen molar-refractivity contribution in [2.24, 2.45) is 0 Å². The Hall–Kier alpha value is -3.09. The van der Waals surface area contributed by atoms with Crippen LogP contribution in [0.15, 0.2) is 48.5 Å². The predicted molar refractivity (Wildman–Crippen MR) is 96.4 cm³/mol. The fourth-order valence-electron chi connectivity index (χ4n) is 2.59. The summed E-state index contributed by atoms with van der Waals surface area (Å²) in [6.45, 7) is -0.0818. The second-order valence-corrected chi connectivity index (χ2v) is 6.20. The number of halogens is 3. The molecular formula is C20H19F3N2O4. The first kappa shape index (κ1) is 22.2. The molecule has 0 bridgehead atoms.